The van der Waals surface area contributed by atoms with Crippen molar-refractivity contribution in [3.05, 3.63) is 63.8 Å². The smallest absolute Gasteiger partial charge is 0.337 e. The quantitative estimate of drug-likeness (QED) is 0.533. The van der Waals surface area contributed by atoms with Crippen LogP contribution in [0.2, 0.25) is 0 Å². The summed E-state index contributed by atoms with van der Waals surface area (Å²) in [5.74, 6) is 1.15. The zero-order chi connectivity index (χ0) is 18.1. The summed E-state index contributed by atoms with van der Waals surface area (Å²) in [5.41, 5.74) is 2.11. The van der Waals surface area contributed by atoms with E-state index in [0.717, 1.165) is 10.4 Å². The summed E-state index contributed by atoms with van der Waals surface area (Å²) in [7, 11) is 0. The van der Waals surface area contributed by atoms with Crippen molar-refractivity contribution in [3.8, 4) is 22.1 Å². The minimum atomic E-state index is -0.561. The number of thiophene rings is 1. The van der Waals surface area contributed by atoms with Gasteiger partial charge < -0.3 is 4.52 Å². The highest BCUT2D eigenvalue weighted by atomic mass is 32.1. The van der Waals surface area contributed by atoms with Crippen LogP contribution in [0.1, 0.15) is 31.2 Å². The first-order valence-electron chi connectivity index (χ1n) is 8.15. The topological polar surface area (TPSA) is 87.0 Å². The first-order valence-corrected chi connectivity index (χ1v) is 9.03. The molecule has 4 aromatic rings. The van der Waals surface area contributed by atoms with E-state index in [-0.39, 0.29) is 6.54 Å². The van der Waals surface area contributed by atoms with Gasteiger partial charge in [-0.25, -0.2) is 9.36 Å². The molecule has 7 nitrogen and oxygen atoms in total. The van der Waals surface area contributed by atoms with Gasteiger partial charge in [0, 0.05) is 5.56 Å². The first kappa shape index (κ1) is 16.5. The van der Waals surface area contributed by atoms with Gasteiger partial charge in [-0.15, -0.1) is 11.3 Å². The van der Waals surface area contributed by atoms with Crippen molar-refractivity contribution < 1.29 is 9.05 Å². The summed E-state index contributed by atoms with van der Waals surface area (Å²) >= 11 is 1.47. The van der Waals surface area contributed by atoms with E-state index in [2.05, 4.69) is 41.3 Å². The molecule has 0 aliphatic rings. The number of hydrogen-bond donors (Lipinski definition) is 0. The minimum absolute atomic E-state index is 0.104. The molecule has 0 saturated heterocycles. The van der Waals surface area contributed by atoms with E-state index in [0.29, 0.717) is 23.5 Å². The molecule has 0 fully saturated rings. The van der Waals surface area contributed by atoms with E-state index in [1.54, 1.807) is 0 Å². The van der Waals surface area contributed by atoms with Crippen LogP contribution in [0.25, 0.3) is 22.1 Å². The molecule has 3 heterocycles. The molecule has 0 saturated carbocycles. The molecule has 0 N–H and O–H groups in total. The number of benzene rings is 1. The lowest BCUT2D eigenvalue weighted by molar-refractivity contribution is 0.354. The third-order valence-corrected chi connectivity index (χ3v) is 4.89. The van der Waals surface area contributed by atoms with Crippen LogP contribution in [0.5, 0.6) is 0 Å². The molecule has 0 atom stereocenters. The van der Waals surface area contributed by atoms with Crippen LogP contribution in [-0.4, -0.2) is 19.9 Å². The third kappa shape index (κ3) is 3.11. The van der Waals surface area contributed by atoms with Gasteiger partial charge in [-0.2, -0.15) is 4.98 Å². The van der Waals surface area contributed by atoms with E-state index in [4.69, 9.17) is 9.05 Å². The van der Waals surface area contributed by atoms with Crippen LogP contribution in [-0.2, 0) is 6.54 Å². The van der Waals surface area contributed by atoms with Gasteiger partial charge in [0.05, 0.1) is 4.88 Å². The molecular formula is C18H16N4O3S. The molecule has 0 bridgehead atoms. The zero-order valence-electron chi connectivity index (χ0n) is 14.2. The number of aromatic nitrogens is 4. The lowest BCUT2D eigenvalue weighted by Crippen LogP contribution is -2.16. The van der Waals surface area contributed by atoms with Gasteiger partial charge in [-0.05, 0) is 22.9 Å². The van der Waals surface area contributed by atoms with E-state index in [1.807, 2.05) is 29.6 Å². The Morgan fingerprint density at radius 2 is 1.92 bits per heavy atom. The fourth-order valence-corrected chi connectivity index (χ4v) is 3.29. The Morgan fingerprint density at radius 1 is 1.12 bits per heavy atom. The van der Waals surface area contributed by atoms with Crippen LogP contribution in [0, 0.1) is 0 Å². The Bertz CT molecular complexity index is 1060. The van der Waals surface area contributed by atoms with Crippen molar-refractivity contribution in [1.29, 1.82) is 0 Å². The minimum Gasteiger partial charge on any atom is -0.337 e. The molecule has 0 spiro atoms. The lowest BCUT2D eigenvalue weighted by Gasteiger charge is -2.04. The summed E-state index contributed by atoms with van der Waals surface area (Å²) < 4.78 is 11.5. The molecule has 0 aliphatic heterocycles. The average molecular weight is 368 g/mol. The second-order valence-corrected chi connectivity index (χ2v) is 7.07. The molecule has 1 aromatic carbocycles. The van der Waals surface area contributed by atoms with E-state index < -0.39 is 5.76 Å². The second-order valence-electron chi connectivity index (χ2n) is 6.12. The Labute approximate surface area is 152 Å². The van der Waals surface area contributed by atoms with Crippen LogP contribution >= 0.6 is 11.3 Å². The Kier molecular flexibility index (Phi) is 4.26. The van der Waals surface area contributed by atoms with Gasteiger partial charge in [0.15, 0.2) is 5.82 Å². The molecule has 3 aromatic heterocycles. The van der Waals surface area contributed by atoms with Crippen molar-refractivity contribution in [2.24, 2.45) is 0 Å². The van der Waals surface area contributed by atoms with Crippen molar-refractivity contribution in [3.63, 3.8) is 0 Å². The maximum absolute atomic E-state index is 12.0. The highest BCUT2D eigenvalue weighted by Crippen LogP contribution is 2.23. The van der Waals surface area contributed by atoms with Crippen LogP contribution < -0.4 is 5.76 Å². The Balaban J connectivity index is 1.60. The van der Waals surface area contributed by atoms with Crippen LogP contribution in [0.3, 0.4) is 0 Å². The maximum Gasteiger partial charge on any atom is 0.442 e. The predicted octanol–water partition coefficient (Wildman–Crippen LogP) is 3.79. The summed E-state index contributed by atoms with van der Waals surface area (Å²) in [5, 5.41) is 9.76. The van der Waals surface area contributed by atoms with E-state index in [9.17, 15) is 4.79 Å². The average Bonchev–Trinajstić information content (AvgIpc) is 3.38. The first-order chi connectivity index (χ1) is 12.6. The Morgan fingerprint density at radius 3 is 2.62 bits per heavy atom. The van der Waals surface area contributed by atoms with Gasteiger partial charge in [0.2, 0.25) is 11.7 Å². The molecule has 0 amide bonds. The summed E-state index contributed by atoms with van der Waals surface area (Å²) in [6.07, 6.45) is 0. The fraction of sp³-hybridized carbons (Fsp3) is 0.222. The second kappa shape index (κ2) is 6.72. The van der Waals surface area contributed by atoms with Gasteiger partial charge in [-0.1, -0.05) is 54.5 Å². The summed E-state index contributed by atoms with van der Waals surface area (Å²) in [4.78, 5) is 17.2. The monoisotopic (exact) mass is 368 g/mol. The molecule has 0 radical (unpaired) electrons. The highest BCUT2D eigenvalue weighted by Gasteiger charge is 2.17. The zero-order valence-corrected chi connectivity index (χ0v) is 15.1. The SMILES string of the molecule is CC(C)c1ccc(-c2noc(Cn3c(-c4cccs4)noc3=O)n2)cc1. The summed E-state index contributed by atoms with van der Waals surface area (Å²) in [6.45, 7) is 4.39. The molecule has 0 aliphatic carbocycles. The van der Waals surface area contributed by atoms with Crippen molar-refractivity contribution in [1.82, 2.24) is 19.9 Å². The summed E-state index contributed by atoms with van der Waals surface area (Å²) in [6, 6.07) is 11.8. The molecule has 8 heteroatoms. The molecule has 0 unspecified atom stereocenters. The van der Waals surface area contributed by atoms with Crippen molar-refractivity contribution in [2.45, 2.75) is 26.3 Å². The molecule has 26 heavy (non-hydrogen) atoms. The van der Waals surface area contributed by atoms with Gasteiger partial charge in [0.25, 0.3) is 0 Å². The van der Waals surface area contributed by atoms with Crippen LogP contribution in [0.4, 0.5) is 0 Å². The third-order valence-electron chi connectivity index (χ3n) is 4.02. The van der Waals surface area contributed by atoms with Crippen molar-refractivity contribution in [2.75, 3.05) is 0 Å². The number of hydrogen-bond acceptors (Lipinski definition) is 7. The molecule has 4 rings (SSSR count). The molecular weight excluding hydrogens is 352 g/mol. The lowest BCUT2D eigenvalue weighted by atomic mass is 10.0. The maximum atomic E-state index is 12.0. The van der Waals surface area contributed by atoms with E-state index >= 15 is 0 Å². The number of nitrogens with zero attached hydrogens (tertiary/aromatic N) is 4. The van der Waals surface area contributed by atoms with Crippen LogP contribution in [0.15, 0.2) is 55.6 Å². The van der Waals surface area contributed by atoms with Gasteiger partial charge >= 0.3 is 5.76 Å². The highest BCUT2D eigenvalue weighted by molar-refractivity contribution is 7.13. The predicted molar refractivity (Wildman–Crippen MR) is 97.0 cm³/mol. The largest absolute Gasteiger partial charge is 0.442 e. The van der Waals surface area contributed by atoms with E-state index in [1.165, 1.54) is 21.5 Å². The normalized spacial score (nSPS) is 11.3. The number of rotatable bonds is 5. The molecule has 132 valence electrons. The standard InChI is InChI=1S/C18H16N4O3S/c1-11(2)12-5-7-13(8-6-12)16-19-15(24-20-16)10-22-17(21-25-18(22)23)14-4-3-9-26-14/h3-9,11H,10H2,1-2H3. The van der Waals surface area contributed by atoms with Crippen molar-refractivity contribution >= 4 is 11.3 Å². The van der Waals surface area contributed by atoms with Gasteiger partial charge in [0.1, 0.15) is 6.54 Å². The Hall–Kier alpha value is -3.00. The fourth-order valence-electron chi connectivity index (χ4n) is 2.58. The van der Waals surface area contributed by atoms with Gasteiger partial charge in [-0.3, -0.25) is 4.52 Å².